The number of hydrogen-bond donors (Lipinski definition) is 1. The van der Waals surface area contributed by atoms with Gasteiger partial charge in [-0.15, -0.1) is 0 Å². The second-order valence-electron chi connectivity index (χ2n) is 8.88. The van der Waals surface area contributed by atoms with Crippen LogP contribution in [0, 0.1) is 12.8 Å². The van der Waals surface area contributed by atoms with E-state index in [1.165, 1.54) is 18.2 Å². The predicted molar refractivity (Wildman–Crippen MR) is 143 cm³/mol. The number of benzene rings is 3. The number of halogens is 1. The molecule has 9 heteroatoms. The maximum absolute atomic E-state index is 13.1. The van der Waals surface area contributed by atoms with E-state index in [2.05, 4.69) is 5.32 Å². The molecule has 0 aliphatic rings. The highest BCUT2D eigenvalue weighted by molar-refractivity contribution is 6.30. The van der Waals surface area contributed by atoms with Gasteiger partial charge in [0.25, 0.3) is 0 Å². The highest BCUT2D eigenvalue weighted by atomic mass is 35.5. The van der Waals surface area contributed by atoms with Crippen LogP contribution in [0.3, 0.4) is 0 Å². The molecule has 0 radical (unpaired) electrons. The Balaban J connectivity index is 1.47. The van der Waals surface area contributed by atoms with Crippen molar-refractivity contribution in [2.24, 2.45) is 5.92 Å². The maximum Gasteiger partial charge on any atom is 0.408 e. The van der Waals surface area contributed by atoms with Crippen LogP contribution in [0.25, 0.3) is 11.0 Å². The summed E-state index contributed by atoms with van der Waals surface area (Å²) in [6, 6.07) is 19.2. The Morgan fingerprint density at radius 2 is 1.66 bits per heavy atom. The van der Waals surface area contributed by atoms with Gasteiger partial charge in [-0.3, -0.25) is 4.79 Å². The van der Waals surface area contributed by atoms with Gasteiger partial charge in [-0.2, -0.15) is 0 Å². The summed E-state index contributed by atoms with van der Waals surface area (Å²) < 4.78 is 22.3. The van der Waals surface area contributed by atoms with Crippen molar-refractivity contribution in [2.75, 3.05) is 0 Å². The van der Waals surface area contributed by atoms with E-state index in [4.69, 9.17) is 30.2 Å². The molecule has 0 bridgehead atoms. The number of ether oxygens (including phenoxy) is 3. The topological polar surface area (TPSA) is 104 Å². The normalized spacial score (nSPS) is 11.7. The SMILES string of the molecule is Cc1oc2cc(OC(=O)[C@H](NC(=O)OCc3ccccc3)C(C)C)ccc2c(=O)c1Oc1ccc(Cl)cc1. The zero-order chi connectivity index (χ0) is 27.2. The molecule has 1 aromatic heterocycles. The van der Waals surface area contributed by atoms with E-state index in [9.17, 15) is 14.4 Å². The fraction of sp³-hybridized carbons (Fsp3) is 0.207. The maximum atomic E-state index is 13.1. The van der Waals surface area contributed by atoms with Crippen molar-refractivity contribution in [1.29, 1.82) is 0 Å². The third-order valence-electron chi connectivity index (χ3n) is 5.65. The first-order valence-corrected chi connectivity index (χ1v) is 12.3. The quantitative estimate of drug-likeness (QED) is 0.205. The molecule has 1 amide bonds. The second kappa shape index (κ2) is 11.8. The lowest BCUT2D eigenvalue weighted by Crippen LogP contribution is -2.46. The lowest BCUT2D eigenvalue weighted by molar-refractivity contribution is -0.137. The number of aryl methyl sites for hydroxylation is 1. The average Bonchev–Trinajstić information content (AvgIpc) is 2.89. The Bertz CT molecular complexity index is 1500. The summed E-state index contributed by atoms with van der Waals surface area (Å²) >= 11 is 5.91. The second-order valence-corrected chi connectivity index (χ2v) is 9.32. The number of hydrogen-bond acceptors (Lipinski definition) is 7. The minimum absolute atomic E-state index is 0.0441. The van der Waals surface area contributed by atoms with Gasteiger partial charge in [0, 0.05) is 11.1 Å². The van der Waals surface area contributed by atoms with Crippen LogP contribution in [0.4, 0.5) is 4.79 Å². The Hall–Kier alpha value is -4.30. The molecule has 1 atom stereocenters. The van der Waals surface area contributed by atoms with E-state index in [0.717, 1.165) is 5.56 Å². The number of carbonyl (C=O) groups is 2. The molecule has 0 saturated carbocycles. The zero-order valence-electron chi connectivity index (χ0n) is 21.0. The van der Waals surface area contributed by atoms with E-state index in [1.54, 1.807) is 45.0 Å². The van der Waals surface area contributed by atoms with Crippen LogP contribution in [0.5, 0.6) is 17.2 Å². The summed E-state index contributed by atoms with van der Waals surface area (Å²) in [7, 11) is 0. The van der Waals surface area contributed by atoms with Crippen molar-refractivity contribution in [3.63, 3.8) is 0 Å². The first-order valence-electron chi connectivity index (χ1n) is 11.9. The zero-order valence-corrected chi connectivity index (χ0v) is 21.8. The van der Waals surface area contributed by atoms with E-state index < -0.39 is 18.1 Å². The molecule has 1 N–H and O–H groups in total. The van der Waals surface area contributed by atoms with Gasteiger partial charge in [0.1, 0.15) is 35.5 Å². The molecule has 8 nitrogen and oxygen atoms in total. The van der Waals surface area contributed by atoms with Crippen LogP contribution in [-0.2, 0) is 16.1 Å². The van der Waals surface area contributed by atoms with Gasteiger partial charge in [-0.1, -0.05) is 55.8 Å². The number of carbonyl (C=O) groups excluding carboxylic acids is 2. The van der Waals surface area contributed by atoms with Crippen LogP contribution in [-0.4, -0.2) is 18.1 Å². The molecule has 196 valence electrons. The van der Waals surface area contributed by atoms with Gasteiger partial charge < -0.3 is 23.9 Å². The number of esters is 1. The van der Waals surface area contributed by atoms with E-state index >= 15 is 0 Å². The smallest absolute Gasteiger partial charge is 0.408 e. The highest BCUT2D eigenvalue weighted by Crippen LogP contribution is 2.28. The molecule has 4 rings (SSSR count). The molecule has 0 fully saturated rings. The Morgan fingerprint density at radius 3 is 2.34 bits per heavy atom. The van der Waals surface area contributed by atoms with Gasteiger partial charge in [0.05, 0.1) is 5.39 Å². The van der Waals surface area contributed by atoms with Crippen LogP contribution < -0.4 is 20.2 Å². The number of fused-ring (bicyclic) bond motifs is 1. The van der Waals surface area contributed by atoms with E-state index in [-0.39, 0.29) is 46.2 Å². The van der Waals surface area contributed by atoms with E-state index in [0.29, 0.717) is 10.8 Å². The van der Waals surface area contributed by atoms with E-state index in [1.807, 2.05) is 30.3 Å². The minimum atomic E-state index is -0.960. The lowest BCUT2D eigenvalue weighted by Gasteiger charge is -2.20. The number of alkyl carbamates (subject to hydrolysis) is 1. The van der Waals surface area contributed by atoms with Gasteiger partial charge in [0.2, 0.25) is 11.2 Å². The van der Waals surface area contributed by atoms with Crippen molar-refractivity contribution < 1.29 is 28.2 Å². The summed E-state index contributed by atoms with van der Waals surface area (Å²) in [6.45, 7) is 5.21. The molecule has 38 heavy (non-hydrogen) atoms. The van der Waals surface area contributed by atoms with Crippen LogP contribution in [0.15, 0.2) is 82.0 Å². The Kier molecular flexibility index (Phi) is 8.33. The predicted octanol–water partition coefficient (Wildman–Crippen LogP) is 6.40. The summed E-state index contributed by atoms with van der Waals surface area (Å²) in [5.41, 5.74) is 0.665. The number of rotatable bonds is 8. The molecular formula is C29H26ClNO7. The van der Waals surface area contributed by atoms with Crippen LogP contribution >= 0.6 is 11.6 Å². The standard InChI is InChI=1S/C29H26ClNO7/c1-17(2)25(31-29(34)35-16-19-7-5-4-6-8-19)28(33)38-22-13-14-23-24(15-22)36-18(3)27(26(23)32)37-21-11-9-20(30)10-12-21/h4-15,17,25H,16H2,1-3H3,(H,31,34)/t25-/m1/s1. The van der Waals surface area contributed by atoms with Crippen LogP contribution in [0.2, 0.25) is 5.02 Å². The van der Waals surface area contributed by atoms with Crippen molar-refractivity contribution in [2.45, 2.75) is 33.4 Å². The first-order chi connectivity index (χ1) is 18.2. The van der Waals surface area contributed by atoms with Crippen molar-refractivity contribution in [3.8, 4) is 17.2 Å². The molecule has 4 aromatic rings. The highest BCUT2D eigenvalue weighted by Gasteiger charge is 2.27. The monoisotopic (exact) mass is 535 g/mol. The fourth-order valence-electron chi connectivity index (χ4n) is 3.64. The molecule has 3 aromatic carbocycles. The Labute approximate surface area is 224 Å². The molecule has 0 aliphatic heterocycles. The van der Waals surface area contributed by atoms with Gasteiger partial charge in [0.15, 0.2) is 0 Å². The Morgan fingerprint density at radius 1 is 0.974 bits per heavy atom. The molecule has 0 spiro atoms. The summed E-state index contributed by atoms with van der Waals surface area (Å²) in [5, 5.41) is 3.36. The average molecular weight is 536 g/mol. The van der Waals surface area contributed by atoms with Gasteiger partial charge in [-0.25, -0.2) is 9.59 Å². The molecular weight excluding hydrogens is 510 g/mol. The minimum Gasteiger partial charge on any atom is -0.457 e. The molecule has 0 unspecified atom stereocenters. The molecule has 0 saturated heterocycles. The fourth-order valence-corrected chi connectivity index (χ4v) is 3.77. The van der Waals surface area contributed by atoms with Crippen molar-refractivity contribution in [3.05, 3.63) is 99.4 Å². The third kappa shape index (κ3) is 6.52. The summed E-state index contributed by atoms with van der Waals surface area (Å²) in [5.74, 6) is -0.0741. The molecule has 1 heterocycles. The van der Waals surface area contributed by atoms with Gasteiger partial charge >= 0.3 is 12.1 Å². The number of amides is 1. The first kappa shape index (κ1) is 26.8. The largest absolute Gasteiger partial charge is 0.457 e. The summed E-state index contributed by atoms with van der Waals surface area (Å²) in [4.78, 5) is 38.3. The van der Waals surface area contributed by atoms with Crippen LogP contribution in [0.1, 0.15) is 25.2 Å². The third-order valence-corrected chi connectivity index (χ3v) is 5.90. The lowest BCUT2D eigenvalue weighted by atomic mass is 10.1. The van der Waals surface area contributed by atoms with Gasteiger partial charge in [-0.05, 0) is 54.8 Å². The summed E-state index contributed by atoms with van der Waals surface area (Å²) in [6.07, 6.45) is -0.738. The number of nitrogens with one attached hydrogen (secondary N) is 1. The van der Waals surface area contributed by atoms with Crippen molar-refractivity contribution >= 4 is 34.6 Å². The van der Waals surface area contributed by atoms with Crippen molar-refractivity contribution in [1.82, 2.24) is 5.32 Å². The molecule has 0 aliphatic carbocycles.